The summed E-state index contributed by atoms with van der Waals surface area (Å²) in [4.78, 5) is 13.8. The maximum absolute atomic E-state index is 12.7. The van der Waals surface area contributed by atoms with Gasteiger partial charge in [0.25, 0.3) is 10.0 Å². The van der Waals surface area contributed by atoms with Gasteiger partial charge in [-0.05, 0) is 41.8 Å². The van der Waals surface area contributed by atoms with Crippen LogP contribution in [0.4, 0.5) is 5.69 Å². The Hall–Kier alpha value is -4.11. The number of aromatic nitrogens is 5. The van der Waals surface area contributed by atoms with Gasteiger partial charge in [-0.25, -0.2) is 13.4 Å². The molecule has 0 unspecified atom stereocenters. The molecule has 0 spiro atoms. The number of hydrogen-bond acceptors (Lipinski definition) is 6. The van der Waals surface area contributed by atoms with Crippen molar-refractivity contribution in [3.05, 3.63) is 85.6 Å². The van der Waals surface area contributed by atoms with Gasteiger partial charge in [-0.3, -0.25) is 19.4 Å². The second kappa shape index (κ2) is 9.27. The van der Waals surface area contributed by atoms with Crippen LogP contribution in [-0.4, -0.2) is 33.2 Å². The highest BCUT2D eigenvalue weighted by molar-refractivity contribution is 7.92. The minimum atomic E-state index is -3.71. The molecule has 2 aromatic carbocycles. The molecule has 3 aromatic heterocycles. The molecule has 0 aliphatic rings. The van der Waals surface area contributed by atoms with E-state index in [1.807, 2.05) is 29.1 Å². The molecule has 0 bridgehead atoms. The summed E-state index contributed by atoms with van der Waals surface area (Å²) < 4.78 is 29.9. The van der Waals surface area contributed by atoms with Gasteiger partial charge in [-0.2, -0.15) is 5.10 Å². The summed E-state index contributed by atoms with van der Waals surface area (Å²) in [6.07, 6.45) is 8.70. The van der Waals surface area contributed by atoms with Crippen molar-refractivity contribution in [3.8, 4) is 22.4 Å². The third kappa shape index (κ3) is 5.04. The zero-order valence-corrected chi connectivity index (χ0v) is 20.1. The van der Waals surface area contributed by atoms with Gasteiger partial charge >= 0.3 is 0 Å². The fourth-order valence-corrected chi connectivity index (χ4v) is 4.82. The van der Waals surface area contributed by atoms with Crippen molar-refractivity contribution in [3.63, 3.8) is 0 Å². The molecule has 0 radical (unpaired) electrons. The number of benzene rings is 2. The van der Waals surface area contributed by atoms with Crippen molar-refractivity contribution in [2.75, 3.05) is 4.72 Å². The van der Waals surface area contributed by atoms with Gasteiger partial charge in [0, 0.05) is 30.1 Å². The molecule has 0 saturated carbocycles. The first kappa shape index (κ1) is 22.7. The first-order valence-corrected chi connectivity index (χ1v) is 12.7. The highest BCUT2D eigenvalue weighted by Gasteiger charge is 2.14. The number of hydrogen-bond donors (Lipinski definition) is 1. The molecule has 0 aliphatic carbocycles. The molecular weight excluding hydrogens is 460 g/mol. The maximum Gasteiger partial charge on any atom is 0.261 e. The fraction of sp³-hybridized carbons (Fsp3) is 0.154. The van der Waals surface area contributed by atoms with E-state index in [-0.39, 0.29) is 4.90 Å². The molecular formula is C26H24N6O2S. The van der Waals surface area contributed by atoms with Crippen LogP contribution in [0.5, 0.6) is 0 Å². The van der Waals surface area contributed by atoms with Crippen molar-refractivity contribution < 1.29 is 8.42 Å². The van der Waals surface area contributed by atoms with Crippen molar-refractivity contribution in [1.82, 2.24) is 24.7 Å². The monoisotopic (exact) mass is 484 g/mol. The van der Waals surface area contributed by atoms with Crippen LogP contribution in [0.2, 0.25) is 0 Å². The van der Waals surface area contributed by atoms with Crippen molar-refractivity contribution in [2.45, 2.75) is 25.3 Å². The van der Waals surface area contributed by atoms with Crippen LogP contribution in [0.3, 0.4) is 0 Å². The Balaban J connectivity index is 1.44. The van der Waals surface area contributed by atoms with Gasteiger partial charge in [0.05, 0.1) is 45.9 Å². The fourth-order valence-electron chi connectivity index (χ4n) is 3.77. The zero-order valence-electron chi connectivity index (χ0n) is 19.3. The molecule has 8 nitrogen and oxygen atoms in total. The average molecular weight is 485 g/mol. The molecule has 0 aliphatic heterocycles. The minimum absolute atomic E-state index is 0.190. The molecule has 0 amide bonds. The highest BCUT2D eigenvalue weighted by Crippen LogP contribution is 2.27. The number of fused-ring (bicyclic) bond motifs is 1. The molecule has 0 fully saturated rings. The van der Waals surface area contributed by atoms with Crippen LogP contribution in [0.25, 0.3) is 33.4 Å². The molecule has 176 valence electrons. The van der Waals surface area contributed by atoms with E-state index in [9.17, 15) is 8.42 Å². The highest BCUT2D eigenvalue weighted by atomic mass is 32.2. The Morgan fingerprint density at radius 1 is 0.886 bits per heavy atom. The lowest BCUT2D eigenvalue weighted by Crippen LogP contribution is -2.12. The smallest absolute Gasteiger partial charge is 0.261 e. The lowest BCUT2D eigenvalue weighted by atomic mass is 10.1. The summed E-state index contributed by atoms with van der Waals surface area (Å²) in [5.41, 5.74) is 5.14. The van der Waals surface area contributed by atoms with Gasteiger partial charge < -0.3 is 0 Å². The Kier molecular flexibility index (Phi) is 6.00. The molecule has 35 heavy (non-hydrogen) atoms. The van der Waals surface area contributed by atoms with E-state index in [1.54, 1.807) is 55.0 Å². The lowest BCUT2D eigenvalue weighted by molar-refractivity contribution is 0.483. The van der Waals surface area contributed by atoms with E-state index >= 15 is 0 Å². The first-order chi connectivity index (χ1) is 16.9. The van der Waals surface area contributed by atoms with Crippen molar-refractivity contribution in [1.29, 1.82) is 0 Å². The molecule has 5 rings (SSSR count). The van der Waals surface area contributed by atoms with Gasteiger partial charge in [0.1, 0.15) is 0 Å². The van der Waals surface area contributed by atoms with Crippen LogP contribution in [0, 0.1) is 5.92 Å². The van der Waals surface area contributed by atoms with E-state index in [0.717, 1.165) is 40.0 Å². The van der Waals surface area contributed by atoms with E-state index in [1.165, 1.54) is 6.20 Å². The molecule has 3 heterocycles. The van der Waals surface area contributed by atoms with Crippen molar-refractivity contribution >= 4 is 26.7 Å². The molecule has 1 N–H and O–H groups in total. The normalized spacial score (nSPS) is 11.7. The summed E-state index contributed by atoms with van der Waals surface area (Å²) in [6.45, 7) is 5.13. The van der Waals surface area contributed by atoms with Crippen LogP contribution < -0.4 is 4.72 Å². The number of nitrogens with zero attached hydrogens (tertiary/aromatic N) is 5. The number of pyridine rings is 1. The number of anilines is 1. The first-order valence-electron chi connectivity index (χ1n) is 11.2. The summed E-state index contributed by atoms with van der Waals surface area (Å²) in [5, 5.41) is 4.42. The molecule has 5 aromatic rings. The second-order valence-corrected chi connectivity index (χ2v) is 10.4. The number of rotatable bonds is 7. The van der Waals surface area contributed by atoms with Gasteiger partial charge in [0.2, 0.25) is 0 Å². The Labute approximate surface area is 203 Å². The standard InChI is InChI=1S/C26H24N6O2S/c1-18(2)16-32-17-21(13-29-32)26-15-28-24-9-8-19(11-25(24)30-26)20-10-22(14-27-12-20)31-35(33,34)23-6-4-3-5-7-23/h3-15,17-18,31H,16H2,1-2H3. The SMILES string of the molecule is CC(C)Cn1cc(-c2cnc3ccc(-c4cncc(NS(=O)(=O)c5ccccc5)c4)cc3n2)cn1. The maximum atomic E-state index is 12.7. The molecule has 0 atom stereocenters. The predicted molar refractivity (Wildman–Crippen MR) is 136 cm³/mol. The van der Waals surface area contributed by atoms with E-state index in [0.29, 0.717) is 11.6 Å². The van der Waals surface area contributed by atoms with Gasteiger partial charge in [-0.1, -0.05) is 38.1 Å². The number of sulfonamides is 1. The van der Waals surface area contributed by atoms with Crippen molar-refractivity contribution in [2.24, 2.45) is 5.92 Å². The Morgan fingerprint density at radius 3 is 2.51 bits per heavy atom. The van der Waals surface area contributed by atoms with Crippen LogP contribution in [0.15, 0.2) is 90.5 Å². The Bertz CT molecular complexity index is 1600. The molecule has 9 heteroatoms. The molecule has 0 saturated heterocycles. The zero-order chi connectivity index (χ0) is 24.4. The third-order valence-electron chi connectivity index (χ3n) is 5.40. The van der Waals surface area contributed by atoms with Crippen LogP contribution in [0.1, 0.15) is 13.8 Å². The van der Waals surface area contributed by atoms with Gasteiger partial charge in [-0.15, -0.1) is 0 Å². The van der Waals surface area contributed by atoms with Crippen LogP contribution in [-0.2, 0) is 16.6 Å². The van der Waals surface area contributed by atoms with Gasteiger partial charge in [0.15, 0.2) is 0 Å². The summed E-state index contributed by atoms with van der Waals surface area (Å²) >= 11 is 0. The minimum Gasteiger partial charge on any atom is -0.278 e. The summed E-state index contributed by atoms with van der Waals surface area (Å²) in [6, 6.07) is 15.7. The largest absolute Gasteiger partial charge is 0.278 e. The van der Waals surface area contributed by atoms with E-state index < -0.39 is 10.0 Å². The topological polar surface area (TPSA) is 103 Å². The predicted octanol–water partition coefficient (Wildman–Crippen LogP) is 5.01. The summed E-state index contributed by atoms with van der Waals surface area (Å²) in [7, 11) is -3.71. The van der Waals surface area contributed by atoms with Crippen LogP contribution >= 0.6 is 0 Å². The lowest BCUT2D eigenvalue weighted by Gasteiger charge is -2.10. The third-order valence-corrected chi connectivity index (χ3v) is 6.80. The summed E-state index contributed by atoms with van der Waals surface area (Å²) in [5.74, 6) is 0.495. The number of nitrogens with one attached hydrogen (secondary N) is 1. The quantitative estimate of drug-likeness (QED) is 0.348. The van der Waals surface area contributed by atoms with E-state index in [2.05, 4.69) is 33.6 Å². The average Bonchev–Trinajstić information content (AvgIpc) is 3.31. The second-order valence-electron chi connectivity index (χ2n) is 8.68. The van der Waals surface area contributed by atoms with E-state index in [4.69, 9.17) is 4.98 Å². The Morgan fingerprint density at radius 2 is 1.71 bits per heavy atom.